The van der Waals surface area contributed by atoms with Crippen LogP contribution in [0.4, 0.5) is 5.69 Å². The minimum Gasteiger partial charge on any atom is -0.398 e. The first kappa shape index (κ1) is 12.3. The van der Waals surface area contributed by atoms with E-state index >= 15 is 0 Å². The predicted octanol–water partition coefficient (Wildman–Crippen LogP) is 3.15. The molecule has 0 aromatic heterocycles. The van der Waals surface area contributed by atoms with Gasteiger partial charge in [0.1, 0.15) is 0 Å². The lowest BCUT2D eigenvalue weighted by atomic mass is 10.2. The van der Waals surface area contributed by atoms with Crippen molar-refractivity contribution in [2.45, 2.75) is 26.3 Å². The van der Waals surface area contributed by atoms with Crippen molar-refractivity contribution in [2.75, 3.05) is 19.3 Å². The number of unbranched alkanes of at least 4 members (excludes halogenated alkanes) is 1. The molecule has 1 rings (SSSR count). The van der Waals surface area contributed by atoms with Gasteiger partial charge in [-0.25, -0.2) is 0 Å². The summed E-state index contributed by atoms with van der Waals surface area (Å²) in [4.78, 5) is 2.30. The minimum absolute atomic E-state index is 0.649. The zero-order chi connectivity index (χ0) is 11.3. The summed E-state index contributed by atoms with van der Waals surface area (Å²) in [5.74, 6) is 0. The highest BCUT2D eigenvalue weighted by Crippen LogP contribution is 2.20. The molecule has 0 saturated carbocycles. The molecule has 0 radical (unpaired) electrons. The summed E-state index contributed by atoms with van der Waals surface area (Å²) in [5, 5.41) is 0.649. The molecule has 2 N–H and O–H groups in total. The second-order valence-corrected chi connectivity index (χ2v) is 4.35. The lowest BCUT2D eigenvalue weighted by Crippen LogP contribution is -2.18. The number of anilines is 1. The fourth-order valence-electron chi connectivity index (χ4n) is 1.49. The van der Waals surface area contributed by atoms with Crippen LogP contribution in [0.1, 0.15) is 25.3 Å². The normalized spacial score (nSPS) is 10.9. The summed E-state index contributed by atoms with van der Waals surface area (Å²) in [6.45, 7) is 4.26. The summed E-state index contributed by atoms with van der Waals surface area (Å²) in [6, 6.07) is 5.84. The van der Waals surface area contributed by atoms with Crippen molar-refractivity contribution in [1.29, 1.82) is 0 Å². The molecule has 0 amide bonds. The molecule has 1 aromatic rings. The van der Waals surface area contributed by atoms with Gasteiger partial charge < -0.3 is 10.6 Å². The molecule has 0 fully saturated rings. The first-order chi connectivity index (χ1) is 7.13. The molecular formula is C12H19ClN2. The lowest BCUT2D eigenvalue weighted by molar-refractivity contribution is 0.321. The number of nitrogens with zero attached hydrogens (tertiary/aromatic N) is 1. The van der Waals surface area contributed by atoms with Crippen LogP contribution in [0.3, 0.4) is 0 Å². The van der Waals surface area contributed by atoms with E-state index in [1.54, 1.807) is 0 Å². The number of nitrogens with two attached hydrogens (primary N) is 1. The maximum Gasteiger partial charge on any atom is 0.0638 e. The van der Waals surface area contributed by atoms with Crippen molar-refractivity contribution in [2.24, 2.45) is 0 Å². The molecule has 3 heteroatoms. The largest absolute Gasteiger partial charge is 0.398 e. The number of hydrogen-bond acceptors (Lipinski definition) is 2. The number of rotatable bonds is 5. The van der Waals surface area contributed by atoms with Crippen LogP contribution in [0.5, 0.6) is 0 Å². The highest BCUT2D eigenvalue weighted by Gasteiger charge is 2.02. The average molecular weight is 227 g/mol. The maximum absolute atomic E-state index is 5.96. The van der Waals surface area contributed by atoms with Gasteiger partial charge in [-0.05, 0) is 37.7 Å². The van der Waals surface area contributed by atoms with E-state index < -0.39 is 0 Å². The van der Waals surface area contributed by atoms with Gasteiger partial charge in [-0.3, -0.25) is 0 Å². The Bertz CT molecular complexity index is 312. The molecule has 0 spiro atoms. The maximum atomic E-state index is 5.96. The van der Waals surface area contributed by atoms with Gasteiger partial charge in [-0.15, -0.1) is 0 Å². The van der Waals surface area contributed by atoms with Gasteiger partial charge in [-0.1, -0.05) is 31.0 Å². The molecule has 84 valence electrons. The van der Waals surface area contributed by atoms with Gasteiger partial charge in [-0.2, -0.15) is 0 Å². The van der Waals surface area contributed by atoms with E-state index in [0.717, 1.165) is 13.1 Å². The molecule has 0 unspecified atom stereocenters. The number of nitrogen functional groups attached to an aromatic ring is 1. The molecule has 0 aliphatic rings. The van der Waals surface area contributed by atoms with Crippen LogP contribution in [0.2, 0.25) is 5.02 Å². The van der Waals surface area contributed by atoms with Crippen LogP contribution in [-0.4, -0.2) is 18.5 Å². The van der Waals surface area contributed by atoms with Gasteiger partial charge in [0.25, 0.3) is 0 Å². The molecule has 0 saturated heterocycles. The van der Waals surface area contributed by atoms with Gasteiger partial charge in [0.15, 0.2) is 0 Å². The first-order valence-electron chi connectivity index (χ1n) is 5.36. The van der Waals surface area contributed by atoms with E-state index in [1.165, 1.54) is 18.4 Å². The fourth-order valence-corrected chi connectivity index (χ4v) is 1.69. The third-order valence-electron chi connectivity index (χ3n) is 2.41. The Labute approximate surface area is 97.0 Å². The fraction of sp³-hybridized carbons (Fsp3) is 0.500. The van der Waals surface area contributed by atoms with E-state index in [2.05, 4.69) is 18.9 Å². The SMILES string of the molecule is CCCCN(C)Cc1ccc(N)c(Cl)c1. The molecule has 15 heavy (non-hydrogen) atoms. The quantitative estimate of drug-likeness (QED) is 0.782. The lowest BCUT2D eigenvalue weighted by Gasteiger charge is -2.16. The van der Waals surface area contributed by atoms with Crippen molar-refractivity contribution in [3.05, 3.63) is 28.8 Å². The van der Waals surface area contributed by atoms with Gasteiger partial charge >= 0.3 is 0 Å². The van der Waals surface area contributed by atoms with Crippen LogP contribution in [0.25, 0.3) is 0 Å². The molecule has 0 heterocycles. The van der Waals surface area contributed by atoms with Crippen molar-refractivity contribution in [1.82, 2.24) is 4.90 Å². The molecule has 0 atom stereocenters. The smallest absolute Gasteiger partial charge is 0.0638 e. The van der Waals surface area contributed by atoms with Gasteiger partial charge in [0.05, 0.1) is 10.7 Å². The topological polar surface area (TPSA) is 29.3 Å². The van der Waals surface area contributed by atoms with E-state index in [-0.39, 0.29) is 0 Å². The Hall–Kier alpha value is -0.730. The Morgan fingerprint density at radius 2 is 2.13 bits per heavy atom. The number of hydrogen-bond donors (Lipinski definition) is 1. The number of halogens is 1. The van der Waals surface area contributed by atoms with Crippen molar-refractivity contribution in [3.8, 4) is 0 Å². The third-order valence-corrected chi connectivity index (χ3v) is 2.74. The average Bonchev–Trinajstić information content (AvgIpc) is 2.20. The highest BCUT2D eigenvalue weighted by molar-refractivity contribution is 6.33. The Morgan fingerprint density at radius 1 is 1.40 bits per heavy atom. The Kier molecular flexibility index (Phi) is 4.92. The molecule has 0 aliphatic carbocycles. The van der Waals surface area contributed by atoms with E-state index in [1.807, 2.05) is 18.2 Å². The Balaban J connectivity index is 2.53. The standard InChI is InChI=1S/C12H19ClN2/c1-3-4-7-15(2)9-10-5-6-12(14)11(13)8-10/h5-6,8H,3-4,7,9,14H2,1-2H3. The van der Waals surface area contributed by atoms with Crippen LogP contribution in [0.15, 0.2) is 18.2 Å². The molecule has 2 nitrogen and oxygen atoms in total. The molecule has 0 aliphatic heterocycles. The Morgan fingerprint density at radius 3 is 2.73 bits per heavy atom. The van der Waals surface area contributed by atoms with Gasteiger partial charge in [0.2, 0.25) is 0 Å². The summed E-state index contributed by atoms with van der Waals surface area (Å²) >= 11 is 5.96. The minimum atomic E-state index is 0.649. The molecular weight excluding hydrogens is 208 g/mol. The summed E-state index contributed by atoms with van der Waals surface area (Å²) in [7, 11) is 2.12. The predicted molar refractivity (Wildman–Crippen MR) is 67.1 cm³/mol. The zero-order valence-corrected chi connectivity index (χ0v) is 10.2. The highest BCUT2D eigenvalue weighted by atomic mass is 35.5. The monoisotopic (exact) mass is 226 g/mol. The first-order valence-corrected chi connectivity index (χ1v) is 5.73. The van der Waals surface area contributed by atoms with E-state index in [0.29, 0.717) is 10.7 Å². The van der Waals surface area contributed by atoms with Crippen LogP contribution < -0.4 is 5.73 Å². The molecule has 0 bridgehead atoms. The summed E-state index contributed by atoms with van der Waals surface area (Å²) < 4.78 is 0. The van der Waals surface area contributed by atoms with Crippen LogP contribution >= 0.6 is 11.6 Å². The number of benzene rings is 1. The second-order valence-electron chi connectivity index (χ2n) is 3.95. The van der Waals surface area contributed by atoms with Gasteiger partial charge in [0, 0.05) is 6.54 Å². The summed E-state index contributed by atoms with van der Waals surface area (Å²) in [6.07, 6.45) is 2.46. The van der Waals surface area contributed by atoms with E-state index in [4.69, 9.17) is 17.3 Å². The van der Waals surface area contributed by atoms with Crippen molar-refractivity contribution < 1.29 is 0 Å². The second kappa shape index (κ2) is 5.99. The van der Waals surface area contributed by atoms with Crippen LogP contribution in [0, 0.1) is 0 Å². The van der Waals surface area contributed by atoms with E-state index in [9.17, 15) is 0 Å². The molecule has 1 aromatic carbocycles. The summed E-state index contributed by atoms with van der Waals surface area (Å²) in [5.41, 5.74) is 7.52. The van der Waals surface area contributed by atoms with Crippen LogP contribution in [-0.2, 0) is 6.54 Å². The zero-order valence-electron chi connectivity index (χ0n) is 9.46. The van der Waals surface area contributed by atoms with Crippen molar-refractivity contribution in [3.63, 3.8) is 0 Å². The van der Waals surface area contributed by atoms with Crippen molar-refractivity contribution >= 4 is 17.3 Å². The third kappa shape index (κ3) is 4.10.